The second kappa shape index (κ2) is 13.3. The average molecular weight is 584 g/mol. The summed E-state index contributed by atoms with van der Waals surface area (Å²) >= 11 is 0. The molecule has 2 N–H and O–H groups in total. The number of hydrazone groups is 2. The van der Waals surface area contributed by atoms with Crippen molar-refractivity contribution in [3.63, 3.8) is 0 Å². The molecule has 0 spiro atoms. The van der Waals surface area contributed by atoms with Crippen LogP contribution in [0.1, 0.15) is 34.3 Å². The van der Waals surface area contributed by atoms with E-state index in [0.717, 1.165) is 33.4 Å². The van der Waals surface area contributed by atoms with Gasteiger partial charge in [-0.25, -0.2) is 20.2 Å². The molecule has 0 unspecified atom stereocenters. The Hall–Kier alpha value is -6.10. The van der Waals surface area contributed by atoms with Crippen LogP contribution in [-0.4, -0.2) is 48.4 Å². The number of nitrogens with zero attached hydrogens (tertiary/aromatic N) is 7. The van der Waals surface area contributed by atoms with E-state index in [-0.39, 0.29) is 11.8 Å². The second-order valence-corrected chi connectivity index (χ2v) is 9.97. The first-order chi connectivity index (χ1) is 21.6. The standard InChI is InChI=1S/C33H29N9O2/c43-32(38-34-23-25-6-1-8-29(20-25)41-17-4-14-36-41)10-3-16-40-19-13-27-22-28(11-12-31(27)40)33(44)39-35-24-26-7-2-9-30(21-26)42-18-5-15-37-42/h1-2,4-9,11-15,17-24H,3,10,16H2,(H,38,43)(H,39,44)/b34-23+,35-24+. The van der Waals surface area contributed by atoms with Crippen molar-refractivity contribution in [1.29, 1.82) is 0 Å². The van der Waals surface area contributed by atoms with Crippen molar-refractivity contribution in [2.24, 2.45) is 10.2 Å². The highest BCUT2D eigenvalue weighted by molar-refractivity contribution is 5.98. The Bertz CT molecular complexity index is 1940. The molecule has 6 aromatic rings. The molecule has 0 fully saturated rings. The zero-order valence-electron chi connectivity index (χ0n) is 23.7. The molecule has 11 nitrogen and oxygen atoms in total. The first kappa shape index (κ1) is 28.0. The third-order valence-electron chi connectivity index (χ3n) is 6.90. The predicted octanol–water partition coefficient (Wildman–Crippen LogP) is 4.71. The minimum absolute atomic E-state index is 0.159. The number of fused-ring (bicyclic) bond motifs is 1. The number of aromatic nitrogens is 5. The number of carbonyl (C=O) groups is 2. The molecule has 44 heavy (non-hydrogen) atoms. The van der Waals surface area contributed by atoms with Gasteiger partial charge in [-0.05, 0) is 78.2 Å². The highest BCUT2D eigenvalue weighted by atomic mass is 16.2. The lowest BCUT2D eigenvalue weighted by Gasteiger charge is -2.06. The van der Waals surface area contributed by atoms with Gasteiger partial charge in [0.05, 0.1) is 23.8 Å². The van der Waals surface area contributed by atoms with Gasteiger partial charge >= 0.3 is 0 Å². The van der Waals surface area contributed by atoms with Gasteiger partial charge in [0.1, 0.15) is 0 Å². The number of rotatable bonds is 11. The van der Waals surface area contributed by atoms with Gasteiger partial charge in [-0.15, -0.1) is 0 Å². The van der Waals surface area contributed by atoms with Crippen LogP contribution in [0.2, 0.25) is 0 Å². The van der Waals surface area contributed by atoms with Crippen LogP contribution in [0.5, 0.6) is 0 Å². The number of hydrogen-bond acceptors (Lipinski definition) is 6. The molecule has 2 amide bonds. The third kappa shape index (κ3) is 6.85. The third-order valence-corrected chi connectivity index (χ3v) is 6.90. The molecule has 11 heteroatoms. The van der Waals surface area contributed by atoms with Gasteiger partial charge in [0.25, 0.3) is 5.91 Å². The summed E-state index contributed by atoms with van der Waals surface area (Å²) < 4.78 is 5.59. The van der Waals surface area contributed by atoms with E-state index in [1.165, 1.54) is 0 Å². The highest BCUT2D eigenvalue weighted by Gasteiger charge is 2.09. The molecular formula is C33H29N9O2. The Morgan fingerprint density at radius 3 is 2.02 bits per heavy atom. The van der Waals surface area contributed by atoms with Gasteiger partial charge in [-0.2, -0.15) is 20.4 Å². The summed E-state index contributed by atoms with van der Waals surface area (Å²) in [6.07, 6.45) is 13.3. The SMILES string of the molecule is O=C(CCCn1ccc2cc(C(=O)N/N=C/c3cccc(-n4cccn4)c3)ccc21)N/N=C/c1cccc(-n2cccn2)c1. The zero-order valence-corrected chi connectivity index (χ0v) is 23.7. The molecular weight excluding hydrogens is 554 g/mol. The van der Waals surface area contributed by atoms with Gasteiger partial charge in [0.2, 0.25) is 5.91 Å². The molecule has 0 aliphatic rings. The fraction of sp³-hybridized carbons (Fsp3) is 0.0909. The van der Waals surface area contributed by atoms with Crippen LogP contribution in [-0.2, 0) is 11.3 Å². The minimum atomic E-state index is -0.301. The molecule has 218 valence electrons. The number of carbonyl (C=O) groups excluding carboxylic acids is 2. The monoisotopic (exact) mass is 583 g/mol. The van der Waals surface area contributed by atoms with Crippen molar-refractivity contribution in [3.05, 3.63) is 133 Å². The maximum atomic E-state index is 12.7. The molecule has 6 rings (SSSR count). The second-order valence-electron chi connectivity index (χ2n) is 9.97. The lowest BCUT2D eigenvalue weighted by atomic mass is 10.1. The molecule has 0 aliphatic heterocycles. The molecule has 0 saturated heterocycles. The van der Waals surface area contributed by atoms with Crippen molar-refractivity contribution in [1.82, 2.24) is 35.0 Å². The average Bonchev–Trinajstić information content (AvgIpc) is 3.84. The van der Waals surface area contributed by atoms with E-state index in [2.05, 4.69) is 35.8 Å². The first-order valence-corrected chi connectivity index (χ1v) is 14.1. The van der Waals surface area contributed by atoms with Crippen molar-refractivity contribution in [2.75, 3.05) is 0 Å². The highest BCUT2D eigenvalue weighted by Crippen LogP contribution is 2.19. The molecule has 0 atom stereocenters. The van der Waals surface area contributed by atoms with E-state index >= 15 is 0 Å². The zero-order chi connectivity index (χ0) is 30.1. The van der Waals surface area contributed by atoms with Gasteiger partial charge < -0.3 is 4.57 Å². The van der Waals surface area contributed by atoms with Crippen molar-refractivity contribution in [3.8, 4) is 11.4 Å². The lowest BCUT2D eigenvalue weighted by Crippen LogP contribution is -2.18. The topological polar surface area (TPSA) is 123 Å². The number of aryl methyl sites for hydroxylation is 1. The minimum Gasteiger partial charge on any atom is -0.347 e. The van der Waals surface area contributed by atoms with E-state index in [1.807, 2.05) is 97.5 Å². The largest absolute Gasteiger partial charge is 0.347 e. The van der Waals surface area contributed by atoms with E-state index in [9.17, 15) is 9.59 Å². The molecule has 0 radical (unpaired) electrons. The molecule has 3 aromatic heterocycles. The molecule has 3 aromatic carbocycles. The maximum Gasteiger partial charge on any atom is 0.271 e. The van der Waals surface area contributed by atoms with Crippen LogP contribution in [0.3, 0.4) is 0 Å². The summed E-state index contributed by atoms with van der Waals surface area (Å²) in [5.41, 5.74) is 10.2. The van der Waals surface area contributed by atoms with Crippen molar-refractivity contribution >= 4 is 35.1 Å². The van der Waals surface area contributed by atoms with Gasteiger partial charge in [0.15, 0.2) is 0 Å². The molecule has 0 saturated carbocycles. The normalized spacial score (nSPS) is 11.5. The van der Waals surface area contributed by atoms with E-state index < -0.39 is 0 Å². The summed E-state index contributed by atoms with van der Waals surface area (Å²) in [7, 11) is 0. The van der Waals surface area contributed by atoms with E-state index in [0.29, 0.717) is 24.9 Å². The number of hydrogen-bond donors (Lipinski definition) is 2. The number of nitrogens with one attached hydrogen (secondary N) is 2. The summed E-state index contributed by atoms with van der Waals surface area (Å²) in [4.78, 5) is 25.1. The predicted molar refractivity (Wildman–Crippen MR) is 169 cm³/mol. The summed E-state index contributed by atoms with van der Waals surface area (Å²) in [6.45, 7) is 0.653. The van der Waals surface area contributed by atoms with Crippen LogP contribution in [0.15, 0.2) is 126 Å². The lowest BCUT2D eigenvalue weighted by molar-refractivity contribution is -0.121. The van der Waals surface area contributed by atoms with Crippen molar-refractivity contribution in [2.45, 2.75) is 19.4 Å². The van der Waals surface area contributed by atoms with Crippen LogP contribution in [0.4, 0.5) is 0 Å². The molecule has 0 bridgehead atoms. The molecule has 0 aliphatic carbocycles. The Labute approximate surface area is 253 Å². The van der Waals surface area contributed by atoms with Gasteiger partial charge in [0, 0.05) is 60.4 Å². The van der Waals surface area contributed by atoms with E-state index in [4.69, 9.17) is 0 Å². The first-order valence-electron chi connectivity index (χ1n) is 14.1. The Balaban J connectivity index is 0.980. The fourth-order valence-corrected chi connectivity index (χ4v) is 4.75. The maximum absolute atomic E-state index is 12.7. The Kier molecular flexibility index (Phi) is 8.45. The van der Waals surface area contributed by atoms with Crippen LogP contribution >= 0.6 is 0 Å². The number of benzene rings is 3. The number of amides is 2. The van der Waals surface area contributed by atoms with E-state index in [1.54, 1.807) is 40.3 Å². The quantitative estimate of drug-likeness (QED) is 0.169. The Morgan fingerprint density at radius 1 is 0.727 bits per heavy atom. The van der Waals surface area contributed by atoms with Crippen LogP contribution in [0.25, 0.3) is 22.3 Å². The fourth-order valence-electron chi connectivity index (χ4n) is 4.75. The van der Waals surface area contributed by atoms with Crippen LogP contribution in [0, 0.1) is 0 Å². The summed E-state index contributed by atoms with van der Waals surface area (Å²) in [5.74, 6) is -0.460. The van der Waals surface area contributed by atoms with Gasteiger partial charge in [-0.3, -0.25) is 9.59 Å². The molecule has 3 heterocycles. The Morgan fingerprint density at radius 2 is 1.39 bits per heavy atom. The van der Waals surface area contributed by atoms with Gasteiger partial charge in [-0.1, -0.05) is 24.3 Å². The van der Waals surface area contributed by atoms with Crippen LogP contribution < -0.4 is 10.9 Å². The summed E-state index contributed by atoms with van der Waals surface area (Å²) in [6, 6.07) is 26.6. The van der Waals surface area contributed by atoms with Crippen molar-refractivity contribution < 1.29 is 9.59 Å². The smallest absolute Gasteiger partial charge is 0.271 e. The summed E-state index contributed by atoms with van der Waals surface area (Å²) in [5, 5.41) is 17.6.